The van der Waals surface area contributed by atoms with Crippen molar-refractivity contribution in [1.29, 1.82) is 0 Å². The molecule has 0 bridgehead atoms. The first kappa shape index (κ1) is 20.8. The molecule has 0 aliphatic rings. The summed E-state index contributed by atoms with van der Waals surface area (Å²) in [6.45, 7) is 11.2. The van der Waals surface area contributed by atoms with Crippen LogP contribution in [0.3, 0.4) is 0 Å². The zero-order chi connectivity index (χ0) is 19.4. The van der Waals surface area contributed by atoms with Gasteiger partial charge in [0.25, 0.3) is 0 Å². The van der Waals surface area contributed by atoms with E-state index in [0.29, 0.717) is 6.61 Å². The fourth-order valence-electron chi connectivity index (χ4n) is 2.25. The average Bonchev–Trinajstić information content (AvgIpc) is 2.59. The van der Waals surface area contributed by atoms with E-state index >= 15 is 0 Å². The first-order valence-corrected chi connectivity index (χ1v) is 13.2. The lowest BCUT2D eigenvalue weighted by molar-refractivity contribution is 0.256. The van der Waals surface area contributed by atoms with Gasteiger partial charge in [-0.1, -0.05) is 69.3 Å². The standard InChI is InChI=1S/C20H29NO3SSi/c1-20(2,3)26(4,5)24-16-19(17-12-8-6-9-13-17)21-25(22,23)18-14-10-7-11-15-18/h6-15,19,21H,16H2,1-5H3. The second-order valence-electron chi connectivity index (χ2n) is 7.97. The van der Waals surface area contributed by atoms with E-state index in [1.807, 2.05) is 30.3 Å². The van der Waals surface area contributed by atoms with Gasteiger partial charge >= 0.3 is 0 Å². The second kappa shape index (κ2) is 8.04. The van der Waals surface area contributed by atoms with E-state index in [1.54, 1.807) is 30.3 Å². The van der Waals surface area contributed by atoms with Gasteiger partial charge in [-0.05, 0) is 35.8 Å². The lowest BCUT2D eigenvalue weighted by Crippen LogP contribution is -2.43. The van der Waals surface area contributed by atoms with Gasteiger partial charge in [-0.25, -0.2) is 13.1 Å². The number of sulfonamides is 1. The molecule has 26 heavy (non-hydrogen) atoms. The molecule has 0 aliphatic carbocycles. The maximum absolute atomic E-state index is 12.8. The lowest BCUT2D eigenvalue weighted by atomic mass is 10.1. The molecule has 0 radical (unpaired) electrons. The highest BCUT2D eigenvalue weighted by Gasteiger charge is 2.38. The molecule has 1 unspecified atom stereocenters. The van der Waals surface area contributed by atoms with Crippen LogP contribution in [0, 0.1) is 0 Å². The Bertz CT molecular complexity index is 800. The fourth-order valence-corrected chi connectivity index (χ4v) is 4.49. The minimum absolute atomic E-state index is 0.0620. The summed E-state index contributed by atoms with van der Waals surface area (Å²) in [7, 11) is -5.62. The molecule has 2 aromatic rings. The third kappa shape index (κ3) is 5.27. The van der Waals surface area contributed by atoms with E-state index in [-0.39, 0.29) is 9.93 Å². The van der Waals surface area contributed by atoms with Crippen LogP contribution in [0.2, 0.25) is 18.1 Å². The molecule has 0 amide bonds. The fraction of sp³-hybridized carbons (Fsp3) is 0.400. The molecule has 4 nitrogen and oxygen atoms in total. The Morgan fingerprint density at radius 2 is 1.46 bits per heavy atom. The van der Waals surface area contributed by atoms with Crippen LogP contribution in [-0.4, -0.2) is 23.3 Å². The summed E-state index contributed by atoms with van der Waals surface area (Å²) in [4.78, 5) is 0.258. The largest absolute Gasteiger partial charge is 0.415 e. The minimum Gasteiger partial charge on any atom is -0.415 e. The number of benzene rings is 2. The third-order valence-corrected chi connectivity index (χ3v) is 11.0. The van der Waals surface area contributed by atoms with E-state index in [1.165, 1.54) is 0 Å². The monoisotopic (exact) mass is 391 g/mol. The minimum atomic E-state index is -3.63. The van der Waals surface area contributed by atoms with Gasteiger partial charge in [0.05, 0.1) is 17.5 Å². The Balaban J connectivity index is 2.26. The molecule has 0 saturated carbocycles. The Kier molecular flexibility index (Phi) is 6.45. The van der Waals surface area contributed by atoms with Crippen molar-refractivity contribution in [3.63, 3.8) is 0 Å². The first-order chi connectivity index (χ1) is 12.0. The van der Waals surface area contributed by atoms with Crippen molar-refractivity contribution < 1.29 is 12.8 Å². The first-order valence-electron chi connectivity index (χ1n) is 8.79. The number of hydrogen-bond acceptors (Lipinski definition) is 3. The molecule has 0 heterocycles. The highest BCUT2D eigenvalue weighted by atomic mass is 32.2. The van der Waals surface area contributed by atoms with Crippen LogP contribution in [0.1, 0.15) is 32.4 Å². The molecule has 142 valence electrons. The second-order valence-corrected chi connectivity index (χ2v) is 14.5. The zero-order valence-electron chi connectivity index (χ0n) is 16.2. The molecule has 0 saturated heterocycles. The SMILES string of the molecule is CC(C)(C)[Si](C)(C)OCC(NS(=O)(=O)c1ccccc1)c1ccccc1. The summed E-state index contributed by atoms with van der Waals surface area (Å²) >= 11 is 0. The van der Waals surface area contributed by atoms with Crippen molar-refractivity contribution in [1.82, 2.24) is 4.72 Å². The molecule has 0 aromatic heterocycles. The van der Waals surface area contributed by atoms with E-state index in [9.17, 15) is 8.42 Å². The van der Waals surface area contributed by atoms with Crippen molar-refractivity contribution in [3.05, 3.63) is 66.2 Å². The molecule has 2 aromatic carbocycles. The number of nitrogens with one attached hydrogen (secondary N) is 1. The summed E-state index contributed by atoms with van der Waals surface area (Å²) in [5.74, 6) is 0. The molecule has 1 N–H and O–H groups in total. The predicted octanol–water partition coefficient (Wildman–Crippen LogP) is 4.73. The average molecular weight is 392 g/mol. The summed E-state index contributed by atoms with van der Waals surface area (Å²) in [5, 5.41) is 0.0620. The van der Waals surface area contributed by atoms with Crippen LogP contribution < -0.4 is 4.72 Å². The Labute approximate surface area is 158 Å². The molecule has 1 atom stereocenters. The van der Waals surface area contributed by atoms with Crippen molar-refractivity contribution in [3.8, 4) is 0 Å². The molecule has 6 heteroatoms. The van der Waals surface area contributed by atoms with Gasteiger partial charge in [0, 0.05) is 0 Å². The van der Waals surface area contributed by atoms with Crippen LogP contribution in [0.5, 0.6) is 0 Å². The van der Waals surface area contributed by atoms with Crippen LogP contribution in [0.15, 0.2) is 65.6 Å². The molecule has 0 aliphatic heterocycles. The maximum atomic E-state index is 12.8. The van der Waals surface area contributed by atoms with Crippen molar-refractivity contribution >= 4 is 18.3 Å². The summed E-state index contributed by atoms with van der Waals surface area (Å²) in [5.41, 5.74) is 0.894. The smallest absolute Gasteiger partial charge is 0.241 e. The highest BCUT2D eigenvalue weighted by Crippen LogP contribution is 2.37. The van der Waals surface area contributed by atoms with Crippen LogP contribution in [0.4, 0.5) is 0 Å². The van der Waals surface area contributed by atoms with Gasteiger partial charge in [-0.2, -0.15) is 0 Å². The summed E-state index contributed by atoms with van der Waals surface area (Å²) in [6, 6.07) is 17.6. The van der Waals surface area contributed by atoms with E-state index in [2.05, 4.69) is 38.6 Å². The Morgan fingerprint density at radius 3 is 1.96 bits per heavy atom. The molecule has 0 fully saturated rings. The van der Waals surface area contributed by atoms with Crippen LogP contribution in [-0.2, 0) is 14.4 Å². The maximum Gasteiger partial charge on any atom is 0.241 e. The van der Waals surface area contributed by atoms with Gasteiger partial charge in [0.2, 0.25) is 10.0 Å². The van der Waals surface area contributed by atoms with E-state index < -0.39 is 24.4 Å². The van der Waals surface area contributed by atoms with Crippen molar-refractivity contribution in [2.24, 2.45) is 0 Å². The molecular weight excluding hydrogens is 362 g/mol. The topological polar surface area (TPSA) is 55.4 Å². The number of rotatable bonds is 7. The lowest BCUT2D eigenvalue weighted by Gasteiger charge is -2.37. The van der Waals surface area contributed by atoms with Gasteiger partial charge in [-0.15, -0.1) is 0 Å². The zero-order valence-corrected chi connectivity index (χ0v) is 18.0. The highest BCUT2D eigenvalue weighted by molar-refractivity contribution is 7.89. The summed E-state index contributed by atoms with van der Waals surface area (Å²) < 4.78 is 34.7. The van der Waals surface area contributed by atoms with Gasteiger partial charge in [-0.3, -0.25) is 0 Å². The predicted molar refractivity (Wildman–Crippen MR) is 109 cm³/mol. The van der Waals surface area contributed by atoms with E-state index in [4.69, 9.17) is 4.43 Å². The Morgan fingerprint density at radius 1 is 0.962 bits per heavy atom. The summed E-state index contributed by atoms with van der Waals surface area (Å²) in [6.07, 6.45) is 0. The van der Waals surface area contributed by atoms with E-state index in [0.717, 1.165) is 5.56 Å². The third-order valence-electron chi connectivity index (χ3n) is 4.97. The Hall–Kier alpha value is -1.47. The normalized spacial score (nSPS) is 14.2. The van der Waals surface area contributed by atoms with Gasteiger partial charge < -0.3 is 4.43 Å². The molecular formula is C20H29NO3SSi. The number of hydrogen-bond donors (Lipinski definition) is 1. The quantitative estimate of drug-likeness (QED) is 0.694. The van der Waals surface area contributed by atoms with Crippen LogP contribution in [0.25, 0.3) is 0 Å². The van der Waals surface area contributed by atoms with Gasteiger partial charge in [0.15, 0.2) is 8.32 Å². The van der Waals surface area contributed by atoms with Crippen LogP contribution >= 0.6 is 0 Å². The van der Waals surface area contributed by atoms with Gasteiger partial charge in [0.1, 0.15) is 0 Å². The van der Waals surface area contributed by atoms with Crippen molar-refractivity contribution in [2.75, 3.05) is 6.61 Å². The van der Waals surface area contributed by atoms with Crippen molar-refractivity contribution in [2.45, 2.75) is 49.8 Å². The molecule has 2 rings (SSSR count). The molecule has 0 spiro atoms.